The molecule has 0 spiro atoms. The number of aliphatic imine (C=N–C) groups is 1. The van der Waals surface area contributed by atoms with Gasteiger partial charge in [0, 0.05) is 10.0 Å². The molecule has 0 aliphatic rings. The number of nitrogens with zero attached hydrogens (tertiary/aromatic N) is 1. The minimum Gasteiger partial charge on any atom is -0.462 e. The number of rotatable bonds is 5. The molecule has 0 radical (unpaired) electrons. The maximum atomic E-state index is 11.6. The molecule has 4 nitrogen and oxygen atoms in total. The Kier molecular flexibility index (Phi) is 5.68. The largest absolute Gasteiger partial charge is 0.462 e. The Morgan fingerprint density at radius 3 is 2.62 bits per heavy atom. The minimum atomic E-state index is -0.331. The van der Waals surface area contributed by atoms with Gasteiger partial charge in [-0.2, -0.15) is 0 Å². The molecule has 0 atom stereocenters. The fourth-order valence-corrected chi connectivity index (χ4v) is 3.11. The maximum absolute atomic E-state index is 11.6. The van der Waals surface area contributed by atoms with E-state index in [1.807, 2.05) is 31.2 Å². The van der Waals surface area contributed by atoms with Gasteiger partial charge in [0.1, 0.15) is 11.5 Å². The van der Waals surface area contributed by atoms with E-state index in [-0.39, 0.29) is 5.97 Å². The molecule has 0 aliphatic carbocycles. The Balaban J connectivity index is 1.73. The zero-order valence-corrected chi connectivity index (χ0v) is 16.1. The molecule has 0 N–H and O–H groups in total. The molecule has 26 heavy (non-hydrogen) atoms. The van der Waals surface area contributed by atoms with Crippen molar-refractivity contribution in [2.24, 2.45) is 4.99 Å². The number of hydrogen-bond acceptors (Lipinski definition) is 4. The molecular weight excluding hydrogens is 394 g/mol. The number of carbonyl (C=O) groups is 1. The second-order valence-electron chi connectivity index (χ2n) is 5.71. The lowest BCUT2D eigenvalue weighted by molar-refractivity contribution is 0.0526. The summed E-state index contributed by atoms with van der Waals surface area (Å²) in [7, 11) is 0. The lowest BCUT2D eigenvalue weighted by Gasteiger charge is -2.02. The number of ether oxygens (including phenoxy) is 1. The monoisotopic (exact) mass is 411 g/mol. The number of esters is 1. The Morgan fingerprint density at radius 1 is 1.15 bits per heavy atom. The van der Waals surface area contributed by atoms with Crippen LogP contribution in [0.1, 0.15) is 28.6 Å². The molecule has 0 unspecified atom stereocenters. The third-order valence-corrected chi connectivity index (χ3v) is 4.39. The first-order valence-corrected chi connectivity index (χ1v) is 9.03. The predicted molar refractivity (Wildman–Crippen MR) is 106 cm³/mol. The summed E-state index contributed by atoms with van der Waals surface area (Å²) >= 11 is 3.57. The Bertz CT molecular complexity index is 942. The zero-order chi connectivity index (χ0) is 18.5. The molecule has 3 aromatic rings. The van der Waals surface area contributed by atoms with Crippen LogP contribution in [0.4, 0.5) is 5.69 Å². The van der Waals surface area contributed by atoms with Gasteiger partial charge in [0.25, 0.3) is 0 Å². The standard InChI is InChI=1S/C21H18BrNO3/c1-3-25-21(24)15-5-7-16(8-6-15)23-13-17-9-11-20(26-17)18-10-4-14(2)12-19(18)22/h4-13H,3H2,1-2H3. The average Bonchev–Trinajstić information content (AvgIpc) is 3.09. The number of benzene rings is 2. The molecule has 5 heteroatoms. The van der Waals surface area contributed by atoms with Crippen LogP contribution in [0, 0.1) is 6.92 Å². The van der Waals surface area contributed by atoms with Gasteiger partial charge in [-0.05, 0) is 67.9 Å². The summed E-state index contributed by atoms with van der Waals surface area (Å²) < 4.78 is 11.8. The predicted octanol–water partition coefficient (Wildman–Crippen LogP) is 5.94. The Labute approximate surface area is 160 Å². The van der Waals surface area contributed by atoms with E-state index < -0.39 is 0 Å². The van der Waals surface area contributed by atoms with Crippen LogP contribution in [-0.2, 0) is 4.74 Å². The molecule has 0 saturated heterocycles. The van der Waals surface area contributed by atoms with Crippen molar-refractivity contribution in [1.29, 1.82) is 0 Å². The molecule has 132 valence electrons. The second-order valence-corrected chi connectivity index (χ2v) is 6.57. The van der Waals surface area contributed by atoms with E-state index in [4.69, 9.17) is 9.15 Å². The average molecular weight is 412 g/mol. The van der Waals surface area contributed by atoms with Crippen molar-refractivity contribution in [1.82, 2.24) is 0 Å². The number of carbonyl (C=O) groups excluding carboxylic acids is 1. The summed E-state index contributed by atoms with van der Waals surface area (Å²) in [5.41, 5.74) is 3.41. The third-order valence-electron chi connectivity index (χ3n) is 3.74. The smallest absolute Gasteiger partial charge is 0.338 e. The maximum Gasteiger partial charge on any atom is 0.338 e. The van der Waals surface area contributed by atoms with Gasteiger partial charge in [-0.25, -0.2) is 4.79 Å². The highest BCUT2D eigenvalue weighted by Gasteiger charge is 2.08. The van der Waals surface area contributed by atoms with Crippen molar-refractivity contribution < 1.29 is 13.9 Å². The Morgan fingerprint density at radius 2 is 1.92 bits per heavy atom. The molecular formula is C21H18BrNO3. The summed E-state index contributed by atoms with van der Waals surface area (Å²) in [5.74, 6) is 1.10. The third kappa shape index (κ3) is 4.29. The van der Waals surface area contributed by atoms with E-state index in [1.165, 1.54) is 5.56 Å². The topological polar surface area (TPSA) is 51.8 Å². The molecule has 1 heterocycles. The lowest BCUT2D eigenvalue weighted by atomic mass is 10.1. The van der Waals surface area contributed by atoms with Crippen molar-refractivity contribution in [2.75, 3.05) is 6.61 Å². The van der Waals surface area contributed by atoms with Crippen LogP contribution in [0.3, 0.4) is 0 Å². The molecule has 0 aliphatic heterocycles. The van der Waals surface area contributed by atoms with Gasteiger partial charge < -0.3 is 9.15 Å². The highest BCUT2D eigenvalue weighted by atomic mass is 79.9. The second kappa shape index (κ2) is 8.15. The van der Waals surface area contributed by atoms with Gasteiger partial charge in [-0.15, -0.1) is 0 Å². The van der Waals surface area contributed by atoms with Gasteiger partial charge in [0.15, 0.2) is 0 Å². The summed E-state index contributed by atoms with van der Waals surface area (Å²) in [4.78, 5) is 16.0. The molecule has 0 bridgehead atoms. The van der Waals surface area contributed by atoms with Crippen LogP contribution >= 0.6 is 15.9 Å². The lowest BCUT2D eigenvalue weighted by Crippen LogP contribution is -2.03. The molecule has 3 rings (SSSR count). The van der Waals surface area contributed by atoms with Crippen LogP contribution in [0.2, 0.25) is 0 Å². The van der Waals surface area contributed by atoms with Gasteiger partial charge >= 0.3 is 5.97 Å². The van der Waals surface area contributed by atoms with Gasteiger partial charge in [-0.1, -0.05) is 22.0 Å². The molecule has 0 fully saturated rings. The number of halogens is 1. The van der Waals surface area contributed by atoms with Gasteiger partial charge in [0.05, 0.1) is 24.1 Å². The first-order chi connectivity index (χ1) is 12.6. The molecule has 2 aromatic carbocycles. The number of hydrogen-bond donors (Lipinski definition) is 0. The van der Waals surface area contributed by atoms with E-state index in [0.29, 0.717) is 17.9 Å². The fourth-order valence-electron chi connectivity index (χ4n) is 2.42. The van der Waals surface area contributed by atoms with E-state index in [9.17, 15) is 4.79 Å². The van der Waals surface area contributed by atoms with E-state index in [2.05, 4.69) is 27.0 Å². The van der Waals surface area contributed by atoms with E-state index in [1.54, 1.807) is 37.4 Å². The zero-order valence-electron chi connectivity index (χ0n) is 14.5. The van der Waals surface area contributed by atoms with Crippen molar-refractivity contribution in [3.8, 4) is 11.3 Å². The summed E-state index contributed by atoms with van der Waals surface area (Å²) in [6, 6.07) is 16.8. The van der Waals surface area contributed by atoms with Crippen molar-refractivity contribution in [3.05, 3.63) is 76.0 Å². The summed E-state index contributed by atoms with van der Waals surface area (Å²) in [6.45, 7) is 4.18. The fraction of sp³-hybridized carbons (Fsp3) is 0.143. The van der Waals surface area contributed by atoms with E-state index >= 15 is 0 Å². The molecule has 1 aromatic heterocycles. The Hall–Kier alpha value is -2.66. The summed E-state index contributed by atoms with van der Waals surface area (Å²) in [6.07, 6.45) is 1.66. The number of aryl methyl sites for hydroxylation is 1. The van der Waals surface area contributed by atoms with Crippen molar-refractivity contribution >= 4 is 33.8 Å². The molecule has 0 amide bonds. The summed E-state index contributed by atoms with van der Waals surface area (Å²) in [5, 5.41) is 0. The first kappa shape index (κ1) is 18.1. The minimum absolute atomic E-state index is 0.331. The van der Waals surface area contributed by atoms with Crippen LogP contribution in [0.15, 0.2) is 68.5 Å². The highest BCUT2D eigenvalue weighted by Crippen LogP contribution is 2.30. The van der Waals surface area contributed by atoms with Gasteiger partial charge in [-0.3, -0.25) is 4.99 Å². The van der Waals surface area contributed by atoms with Crippen molar-refractivity contribution in [2.45, 2.75) is 13.8 Å². The van der Waals surface area contributed by atoms with E-state index in [0.717, 1.165) is 21.5 Å². The highest BCUT2D eigenvalue weighted by molar-refractivity contribution is 9.10. The SMILES string of the molecule is CCOC(=O)c1ccc(N=Cc2ccc(-c3ccc(C)cc3Br)o2)cc1. The normalized spacial score (nSPS) is 11.0. The number of furan rings is 1. The quantitative estimate of drug-likeness (QED) is 0.385. The van der Waals surface area contributed by atoms with Gasteiger partial charge in [0.2, 0.25) is 0 Å². The van der Waals surface area contributed by atoms with Crippen LogP contribution in [0.25, 0.3) is 11.3 Å². The van der Waals surface area contributed by atoms with Crippen molar-refractivity contribution in [3.63, 3.8) is 0 Å². The van der Waals surface area contributed by atoms with Crippen LogP contribution in [-0.4, -0.2) is 18.8 Å². The molecule has 0 saturated carbocycles. The first-order valence-electron chi connectivity index (χ1n) is 8.24. The van der Waals surface area contributed by atoms with Crippen LogP contribution in [0.5, 0.6) is 0 Å². The van der Waals surface area contributed by atoms with Crippen LogP contribution < -0.4 is 0 Å².